The van der Waals surface area contributed by atoms with E-state index in [4.69, 9.17) is 0 Å². The van der Waals surface area contributed by atoms with Gasteiger partial charge in [-0.15, -0.1) is 0 Å². The Morgan fingerprint density at radius 1 is 1.50 bits per heavy atom. The number of aldehydes is 1. The first-order valence-corrected chi connectivity index (χ1v) is 5.39. The number of carbonyl (C=O) groups excluding carboxylic acids is 1. The van der Waals surface area contributed by atoms with Crippen molar-refractivity contribution in [3.8, 4) is 0 Å². The molecule has 82 valence electrons. The second-order valence-electron chi connectivity index (χ2n) is 3.34. The molecular formula is C11H8BrFN2O. The quantitative estimate of drug-likeness (QED) is 0.812. The number of aromatic nitrogens is 2. The van der Waals surface area contributed by atoms with Gasteiger partial charge in [0.1, 0.15) is 11.5 Å². The largest absolute Gasteiger partial charge is 0.332 e. The van der Waals surface area contributed by atoms with Crippen LogP contribution < -0.4 is 0 Å². The smallest absolute Gasteiger partial charge is 0.169 e. The lowest BCUT2D eigenvalue weighted by molar-refractivity contribution is 0.111. The van der Waals surface area contributed by atoms with Crippen molar-refractivity contribution in [3.05, 3.63) is 52.3 Å². The van der Waals surface area contributed by atoms with Crippen LogP contribution in [0.15, 0.2) is 35.2 Å². The summed E-state index contributed by atoms with van der Waals surface area (Å²) >= 11 is 3.12. The Morgan fingerprint density at radius 2 is 2.31 bits per heavy atom. The molecule has 0 unspecified atom stereocenters. The third-order valence-corrected chi connectivity index (χ3v) is 2.73. The maximum atomic E-state index is 13.0. The molecule has 2 rings (SSSR count). The van der Waals surface area contributed by atoms with E-state index in [2.05, 4.69) is 20.9 Å². The minimum Gasteiger partial charge on any atom is -0.332 e. The Kier molecular flexibility index (Phi) is 3.14. The van der Waals surface area contributed by atoms with Crippen LogP contribution in [0.2, 0.25) is 0 Å². The number of hydrogen-bond donors (Lipinski definition) is 0. The molecule has 0 bridgehead atoms. The van der Waals surface area contributed by atoms with Gasteiger partial charge in [-0.3, -0.25) is 4.79 Å². The molecule has 16 heavy (non-hydrogen) atoms. The molecule has 0 aliphatic heterocycles. The van der Waals surface area contributed by atoms with Gasteiger partial charge in [-0.05, 0) is 33.6 Å². The highest BCUT2D eigenvalue weighted by Gasteiger charge is 2.02. The van der Waals surface area contributed by atoms with Crippen LogP contribution in [0, 0.1) is 5.82 Å². The second kappa shape index (κ2) is 4.57. The predicted molar refractivity (Wildman–Crippen MR) is 60.8 cm³/mol. The van der Waals surface area contributed by atoms with Gasteiger partial charge in [0.05, 0.1) is 10.8 Å². The molecule has 0 aliphatic carbocycles. The summed E-state index contributed by atoms with van der Waals surface area (Å²) in [5.74, 6) is -0.289. The van der Waals surface area contributed by atoms with E-state index in [1.165, 1.54) is 6.07 Å². The Balaban J connectivity index is 2.20. The number of benzene rings is 1. The molecule has 0 N–H and O–H groups in total. The van der Waals surface area contributed by atoms with Crippen molar-refractivity contribution in [3.63, 3.8) is 0 Å². The Bertz CT molecular complexity index is 524. The minimum atomic E-state index is -0.289. The zero-order valence-electron chi connectivity index (χ0n) is 8.23. The lowest BCUT2D eigenvalue weighted by Crippen LogP contribution is -1.96. The standard InChI is InChI=1S/C11H8BrFN2O/c12-10-3-8(1-2-11(10)13)4-15-5-9(6-16)14-7-15/h1-3,5-7H,4H2. The summed E-state index contributed by atoms with van der Waals surface area (Å²) in [5, 5.41) is 0. The molecule has 0 radical (unpaired) electrons. The summed E-state index contributed by atoms with van der Waals surface area (Å²) < 4.78 is 15.2. The number of imidazole rings is 1. The molecule has 0 amide bonds. The van der Waals surface area contributed by atoms with Gasteiger partial charge in [0.25, 0.3) is 0 Å². The van der Waals surface area contributed by atoms with Crippen molar-refractivity contribution in [2.24, 2.45) is 0 Å². The fraction of sp³-hybridized carbons (Fsp3) is 0.0909. The van der Waals surface area contributed by atoms with Gasteiger partial charge >= 0.3 is 0 Å². The number of halogens is 2. The van der Waals surface area contributed by atoms with Crippen molar-refractivity contribution in [1.29, 1.82) is 0 Å². The average molecular weight is 283 g/mol. The van der Waals surface area contributed by atoms with E-state index in [-0.39, 0.29) is 5.82 Å². The van der Waals surface area contributed by atoms with Crippen LogP contribution in [-0.4, -0.2) is 15.8 Å². The summed E-state index contributed by atoms with van der Waals surface area (Å²) in [7, 11) is 0. The number of rotatable bonds is 3. The SMILES string of the molecule is O=Cc1cn(Cc2ccc(F)c(Br)c2)cn1. The van der Waals surface area contributed by atoms with Crippen molar-refractivity contribution in [1.82, 2.24) is 9.55 Å². The molecule has 5 heteroatoms. The van der Waals surface area contributed by atoms with Crippen LogP contribution in [0.3, 0.4) is 0 Å². The van der Waals surface area contributed by atoms with Crippen molar-refractivity contribution >= 4 is 22.2 Å². The normalized spacial score (nSPS) is 10.4. The van der Waals surface area contributed by atoms with E-state index in [0.717, 1.165) is 5.56 Å². The average Bonchev–Trinajstić information content (AvgIpc) is 2.71. The van der Waals surface area contributed by atoms with Gasteiger partial charge in [-0.25, -0.2) is 9.37 Å². The van der Waals surface area contributed by atoms with Crippen LogP contribution in [0.25, 0.3) is 0 Å². The molecule has 0 aliphatic rings. The van der Waals surface area contributed by atoms with E-state index >= 15 is 0 Å². The molecule has 0 saturated heterocycles. The van der Waals surface area contributed by atoms with Gasteiger partial charge in [0, 0.05) is 12.7 Å². The first-order chi connectivity index (χ1) is 7.69. The maximum absolute atomic E-state index is 13.0. The van der Waals surface area contributed by atoms with E-state index < -0.39 is 0 Å². The summed E-state index contributed by atoms with van der Waals surface area (Å²) in [6.45, 7) is 0.555. The van der Waals surface area contributed by atoms with Crippen LogP contribution in [-0.2, 0) is 6.54 Å². The van der Waals surface area contributed by atoms with Gasteiger partial charge in [-0.2, -0.15) is 0 Å². The van der Waals surface area contributed by atoms with Crippen molar-refractivity contribution in [2.75, 3.05) is 0 Å². The van der Waals surface area contributed by atoms with E-state index in [0.29, 0.717) is 23.0 Å². The highest BCUT2D eigenvalue weighted by atomic mass is 79.9. The molecule has 2 aromatic rings. The summed E-state index contributed by atoms with van der Waals surface area (Å²) in [4.78, 5) is 14.3. The van der Waals surface area contributed by atoms with Crippen LogP contribution in [0.1, 0.15) is 16.1 Å². The fourth-order valence-electron chi connectivity index (χ4n) is 1.37. The molecule has 1 heterocycles. The third kappa shape index (κ3) is 2.36. The van der Waals surface area contributed by atoms with Crippen molar-refractivity contribution < 1.29 is 9.18 Å². The monoisotopic (exact) mass is 282 g/mol. The molecule has 0 atom stereocenters. The number of nitrogens with zero attached hydrogens (tertiary/aromatic N) is 2. The van der Waals surface area contributed by atoms with Crippen LogP contribution >= 0.6 is 15.9 Å². The van der Waals surface area contributed by atoms with E-state index in [1.54, 1.807) is 29.2 Å². The Morgan fingerprint density at radius 3 is 2.94 bits per heavy atom. The van der Waals surface area contributed by atoms with Gasteiger partial charge in [-0.1, -0.05) is 6.07 Å². The Hall–Kier alpha value is -1.49. The number of carbonyl (C=O) groups is 1. The molecule has 0 saturated carbocycles. The van der Waals surface area contributed by atoms with Gasteiger partial charge in [0.2, 0.25) is 0 Å². The van der Waals surface area contributed by atoms with E-state index in [1.807, 2.05) is 0 Å². The summed E-state index contributed by atoms with van der Waals surface area (Å²) in [6, 6.07) is 4.80. The molecule has 1 aromatic carbocycles. The highest BCUT2D eigenvalue weighted by molar-refractivity contribution is 9.10. The minimum absolute atomic E-state index is 0.289. The molecule has 0 spiro atoms. The first kappa shape index (κ1) is 11.0. The van der Waals surface area contributed by atoms with Crippen molar-refractivity contribution in [2.45, 2.75) is 6.54 Å². The van der Waals surface area contributed by atoms with Gasteiger partial charge in [0.15, 0.2) is 6.29 Å². The lowest BCUT2D eigenvalue weighted by atomic mass is 10.2. The third-order valence-electron chi connectivity index (χ3n) is 2.12. The highest BCUT2D eigenvalue weighted by Crippen LogP contribution is 2.17. The molecule has 3 nitrogen and oxygen atoms in total. The molecular weight excluding hydrogens is 275 g/mol. The predicted octanol–water partition coefficient (Wildman–Crippen LogP) is 2.65. The van der Waals surface area contributed by atoms with Crippen LogP contribution in [0.5, 0.6) is 0 Å². The Labute approximate surface area is 100 Å². The maximum Gasteiger partial charge on any atom is 0.169 e. The zero-order valence-corrected chi connectivity index (χ0v) is 9.82. The lowest BCUT2D eigenvalue weighted by Gasteiger charge is -2.03. The number of hydrogen-bond acceptors (Lipinski definition) is 2. The van der Waals surface area contributed by atoms with Crippen LogP contribution in [0.4, 0.5) is 4.39 Å². The fourth-order valence-corrected chi connectivity index (χ4v) is 1.80. The summed E-state index contributed by atoms with van der Waals surface area (Å²) in [5.41, 5.74) is 1.32. The summed E-state index contributed by atoms with van der Waals surface area (Å²) in [6.07, 6.45) is 3.91. The molecule has 0 fully saturated rings. The van der Waals surface area contributed by atoms with E-state index in [9.17, 15) is 9.18 Å². The zero-order chi connectivity index (χ0) is 11.5. The first-order valence-electron chi connectivity index (χ1n) is 4.60. The van der Waals surface area contributed by atoms with Gasteiger partial charge < -0.3 is 4.57 Å². The molecule has 1 aromatic heterocycles. The second-order valence-corrected chi connectivity index (χ2v) is 4.19. The topological polar surface area (TPSA) is 34.9 Å².